The molecule has 1 aromatic heterocycles. The molecule has 0 radical (unpaired) electrons. The summed E-state index contributed by atoms with van der Waals surface area (Å²) in [6.45, 7) is -0.0273. The van der Waals surface area contributed by atoms with Crippen molar-refractivity contribution in [1.82, 2.24) is 9.71 Å². The molecule has 0 saturated heterocycles. The number of ether oxygens (including phenoxy) is 1. The molecule has 2 aromatic rings. The van der Waals surface area contributed by atoms with E-state index in [9.17, 15) is 21.6 Å². The van der Waals surface area contributed by atoms with Gasteiger partial charge in [0.05, 0.1) is 4.90 Å². The lowest BCUT2D eigenvalue weighted by atomic mass is 10.3. The number of rotatable bonds is 5. The van der Waals surface area contributed by atoms with Gasteiger partial charge in [-0.1, -0.05) is 12.1 Å². The normalized spacial score (nSPS) is 12.1. The van der Waals surface area contributed by atoms with E-state index >= 15 is 0 Å². The third kappa shape index (κ3) is 4.71. The summed E-state index contributed by atoms with van der Waals surface area (Å²) < 4.78 is 66.5. The van der Waals surface area contributed by atoms with Gasteiger partial charge in [-0.3, -0.25) is 4.98 Å². The predicted octanol–water partition coefficient (Wildman–Crippen LogP) is 2.46. The average molecular weight is 332 g/mol. The quantitative estimate of drug-likeness (QED) is 0.913. The number of nitrogens with zero attached hydrogens (tertiary/aromatic N) is 1. The molecule has 0 spiro atoms. The second-order valence-electron chi connectivity index (χ2n) is 4.21. The van der Waals surface area contributed by atoms with E-state index in [2.05, 4.69) is 14.4 Å². The van der Waals surface area contributed by atoms with Gasteiger partial charge >= 0.3 is 6.36 Å². The third-order valence-corrected chi connectivity index (χ3v) is 3.94. The van der Waals surface area contributed by atoms with Gasteiger partial charge < -0.3 is 4.74 Å². The Morgan fingerprint density at radius 1 is 1.18 bits per heavy atom. The molecule has 2 rings (SSSR count). The summed E-state index contributed by atoms with van der Waals surface area (Å²) in [5.41, 5.74) is 0.619. The Kier molecular flexibility index (Phi) is 4.67. The molecule has 0 aliphatic heterocycles. The molecular weight excluding hydrogens is 321 g/mol. The van der Waals surface area contributed by atoms with Crippen molar-refractivity contribution in [3.8, 4) is 5.75 Å². The smallest absolute Gasteiger partial charge is 0.406 e. The zero-order chi connectivity index (χ0) is 16.2. The van der Waals surface area contributed by atoms with Crippen molar-refractivity contribution in [2.75, 3.05) is 0 Å². The number of aromatic nitrogens is 1. The number of alkyl halides is 3. The first-order valence-corrected chi connectivity index (χ1v) is 7.49. The van der Waals surface area contributed by atoms with Crippen molar-refractivity contribution in [3.05, 3.63) is 54.4 Å². The number of hydrogen-bond donors (Lipinski definition) is 1. The molecule has 0 unspecified atom stereocenters. The van der Waals surface area contributed by atoms with E-state index in [0.29, 0.717) is 5.56 Å². The minimum absolute atomic E-state index is 0.0273. The van der Waals surface area contributed by atoms with E-state index in [1.165, 1.54) is 24.5 Å². The van der Waals surface area contributed by atoms with Crippen molar-refractivity contribution in [3.63, 3.8) is 0 Å². The topological polar surface area (TPSA) is 68.3 Å². The second-order valence-corrected chi connectivity index (χ2v) is 5.98. The zero-order valence-electron chi connectivity index (χ0n) is 11.0. The summed E-state index contributed by atoms with van der Waals surface area (Å²) in [5.74, 6) is -0.600. The molecule has 0 amide bonds. The molecule has 118 valence electrons. The van der Waals surface area contributed by atoms with Gasteiger partial charge in [0.25, 0.3) is 0 Å². The summed E-state index contributed by atoms with van der Waals surface area (Å²) in [6.07, 6.45) is -1.87. The SMILES string of the molecule is O=S(=O)(NCc1cccnc1)c1cccc(OC(F)(F)F)c1. The van der Waals surface area contributed by atoms with Crippen LogP contribution in [0.15, 0.2) is 53.7 Å². The van der Waals surface area contributed by atoms with E-state index in [4.69, 9.17) is 0 Å². The number of sulfonamides is 1. The van der Waals surface area contributed by atoms with Crippen molar-refractivity contribution >= 4 is 10.0 Å². The summed E-state index contributed by atoms with van der Waals surface area (Å²) in [5, 5.41) is 0. The first-order valence-electron chi connectivity index (χ1n) is 6.01. The van der Waals surface area contributed by atoms with Gasteiger partial charge in [-0.15, -0.1) is 13.2 Å². The van der Waals surface area contributed by atoms with Crippen LogP contribution in [-0.2, 0) is 16.6 Å². The maximum Gasteiger partial charge on any atom is 0.573 e. The van der Waals surface area contributed by atoms with E-state index in [1.54, 1.807) is 12.1 Å². The summed E-state index contributed by atoms with van der Waals surface area (Å²) in [6, 6.07) is 7.47. The monoisotopic (exact) mass is 332 g/mol. The fourth-order valence-corrected chi connectivity index (χ4v) is 2.66. The highest BCUT2D eigenvalue weighted by atomic mass is 32.2. The highest BCUT2D eigenvalue weighted by Crippen LogP contribution is 2.24. The third-order valence-electron chi connectivity index (χ3n) is 2.54. The molecule has 9 heteroatoms. The van der Waals surface area contributed by atoms with Crippen LogP contribution in [-0.4, -0.2) is 19.8 Å². The Morgan fingerprint density at radius 3 is 2.59 bits per heavy atom. The van der Waals surface area contributed by atoms with Gasteiger partial charge in [0.15, 0.2) is 0 Å². The van der Waals surface area contributed by atoms with Crippen LogP contribution in [0.1, 0.15) is 5.56 Å². The Morgan fingerprint density at radius 2 is 1.95 bits per heavy atom. The molecule has 1 N–H and O–H groups in total. The van der Waals surface area contributed by atoms with Gasteiger partial charge in [0.2, 0.25) is 10.0 Å². The van der Waals surface area contributed by atoms with Crippen molar-refractivity contribution in [2.45, 2.75) is 17.8 Å². The lowest BCUT2D eigenvalue weighted by Gasteiger charge is -2.11. The first-order chi connectivity index (χ1) is 10.3. The predicted molar refractivity (Wildman–Crippen MR) is 71.4 cm³/mol. The number of halogens is 3. The maximum absolute atomic E-state index is 12.1. The molecule has 0 atom stereocenters. The lowest BCUT2D eigenvalue weighted by Crippen LogP contribution is -2.23. The standard InChI is InChI=1S/C13H11F3N2O3S/c14-13(15,16)21-11-4-1-5-12(7-11)22(19,20)18-9-10-3-2-6-17-8-10/h1-8,18H,9H2. The molecule has 1 aromatic carbocycles. The summed E-state index contributed by atoms with van der Waals surface area (Å²) in [4.78, 5) is 3.51. The van der Waals surface area contributed by atoms with Crippen molar-refractivity contribution < 1.29 is 26.3 Å². The molecule has 5 nitrogen and oxygen atoms in total. The van der Waals surface area contributed by atoms with Gasteiger partial charge in [0, 0.05) is 25.0 Å². The van der Waals surface area contributed by atoms with Crippen LogP contribution in [0.4, 0.5) is 13.2 Å². The molecule has 0 bridgehead atoms. The second kappa shape index (κ2) is 6.32. The fourth-order valence-electron chi connectivity index (χ4n) is 1.60. The van der Waals surface area contributed by atoms with E-state index in [1.807, 2.05) is 0 Å². The molecular formula is C13H11F3N2O3S. The maximum atomic E-state index is 12.1. The number of benzene rings is 1. The minimum atomic E-state index is -4.88. The van der Waals surface area contributed by atoms with Gasteiger partial charge in [-0.05, 0) is 23.8 Å². The van der Waals surface area contributed by atoms with E-state index < -0.39 is 22.1 Å². The Labute approximate surface area is 124 Å². The first kappa shape index (κ1) is 16.2. The number of nitrogens with one attached hydrogen (secondary N) is 1. The van der Waals surface area contributed by atoms with Crippen LogP contribution < -0.4 is 9.46 Å². The van der Waals surface area contributed by atoms with Crippen molar-refractivity contribution in [1.29, 1.82) is 0 Å². The summed E-state index contributed by atoms with van der Waals surface area (Å²) in [7, 11) is -3.96. The Balaban J connectivity index is 2.14. The Bertz CT molecular complexity index is 734. The van der Waals surface area contributed by atoms with Gasteiger partial charge in [-0.25, -0.2) is 13.1 Å². The largest absolute Gasteiger partial charge is 0.573 e. The van der Waals surface area contributed by atoms with Crippen LogP contribution in [0, 0.1) is 0 Å². The van der Waals surface area contributed by atoms with Crippen molar-refractivity contribution in [2.24, 2.45) is 0 Å². The average Bonchev–Trinajstić information content (AvgIpc) is 2.45. The van der Waals surface area contributed by atoms with Crippen LogP contribution >= 0.6 is 0 Å². The van der Waals surface area contributed by atoms with Crippen LogP contribution in [0.2, 0.25) is 0 Å². The number of pyridine rings is 1. The van der Waals surface area contributed by atoms with Gasteiger partial charge in [-0.2, -0.15) is 0 Å². The van der Waals surface area contributed by atoms with Crippen LogP contribution in [0.25, 0.3) is 0 Å². The zero-order valence-corrected chi connectivity index (χ0v) is 11.9. The molecule has 0 aliphatic rings. The molecule has 0 fully saturated rings. The highest BCUT2D eigenvalue weighted by molar-refractivity contribution is 7.89. The highest BCUT2D eigenvalue weighted by Gasteiger charge is 2.31. The lowest BCUT2D eigenvalue weighted by molar-refractivity contribution is -0.274. The molecule has 1 heterocycles. The van der Waals surface area contributed by atoms with E-state index in [-0.39, 0.29) is 11.4 Å². The minimum Gasteiger partial charge on any atom is -0.406 e. The van der Waals surface area contributed by atoms with Gasteiger partial charge in [0.1, 0.15) is 5.75 Å². The van der Waals surface area contributed by atoms with Crippen LogP contribution in [0.5, 0.6) is 5.75 Å². The summed E-state index contributed by atoms with van der Waals surface area (Å²) >= 11 is 0. The fraction of sp³-hybridized carbons (Fsp3) is 0.154. The molecule has 0 aliphatic carbocycles. The van der Waals surface area contributed by atoms with Crippen LogP contribution in [0.3, 0.4) is 0 Å². The number of hydrogen-bond acceptors (Lipinski definition) is 4. The van der Waals surface area contributed by atoms with E-state index in [0.717, 1.165) is 12.1 Å². The molecule has 0 saturated carbocycles. The molecule has 22 heavy (non-hydrogen) atoms. The Hall–Kier alpha value is -2.13.